The topological polar surface area (TPSA) is 80.2 Å². The molecule has 3 N–H and O–H groups in total. The number of benzene rings is 3. The van der Waals surface area contributed by atoms with Crippen molar-refractivity contribution in [3.05, 3.63) is 111 Å². The number of nitrogens with zero attached hydrogens (tertiary/aromatic N) is 2. The van der Waals surface area contributed by atoms with Crippen LogP contribution < -0.4 is 20.7 Å². The van der Waals surface area contributed by atoms with Gasteiger partial charge in [-0.3, -0.25) is 4.79 Å². The van der Waals surface area contributed by atoms with Crippen molar-refractivity contribution in [3.8, 4) is 17.0 Å². The molecule has 9 heteroatoms. The Balaban J connectivity index is 1.43. The molecule has 0 spiro atoms. The number of fused-ring (bicyclic) bond motifs is 1. The maximum absolute atomic E-state index is 13.2. The predicted octanol–water partition coefficient (Wildman–Crippen LogP) is 6.76. The third kappa shape index (κ3) is 6.09. The number of halogens is 2. The lowest BCUT2D eigenvalue weighted by Gasteiger charge is -2.14. The number of anilines is 1. The summed E-state index contributed by atoms with van der Waals surface area (Å²) < 4.78 is 7.60. The van der Waals surface area contributed by atoms with Gasteiger partial charge in [-0.25, -0.2) is 4.98 Å². The Bertz CT molecular complexity index is 1700. The molecule has 0 bridgehead atoms. The predicted molar refractivity (Wildman–Crippen MR) is 167 cm³/mol. The Kier molecular flexibility index (Phi) is 8.90. The number of amides is 1. The second kappa shape index (κ2) is 12.7. The van der Waals surface area contributed by atoms with Gasteiger partial charge in [0, 0.05) is 47.9 Å². The summed E-state index contributed by atoms with van der Waals surface area (Å²) in [6, 6.07) is 24.1. The van der Waals surface area contributed by atoms with Crippen LogP contribution in [0.4, 0.5) is 5.69 Å². The van der Waals surface area contributed by atoms with Gasteiger partial charge < -0.3 is 25.3 Å². The number of aromatic nitrogens is 2. The highest BCUT2D eigenvalue weighted by Crippen LogP contribution is 2.38. The summed E-state index contributed by atoms with van der Waals surface area (Å²) in [6.45, 7) is 2.10. The van der Waals surface area contributed by atoms with Crippen LogP contribution in [0.15, 0.2) is 79.0 Å². The van der Waals surface area contributed by atoms with Crippen molar-refractivity contribution in [3.63, 3.8) is 0 Å². The highest BCUT2D eigenvalue weighted by Gasteiger charge is 2.20. The van der Waals surface area contributed by atoms with Crippen molar-refractivity contribution in [1.82, 2.24) is 20.2 Å². The maximum Gasteiger partial charge on any atom is 0.276 e. The summed E-state index contributed by atoms with van der Waals surface area (Å²) in [7, 11) is 5.26. The van der Waals surface area contributed by atoms with Crippen molar-refractivity contribution in [2.45, 2.75) is 19.6 Å². The normalized spacial score (nSPS) is 11.1. The highest BCUT2D eigenvalue weighted by atomic mass is 35.5. The minimum absolute atomic E-state index is 0.0583. The number of carbonyl (C=O) groups is 1. The number of carbonyl (C=O) groups excluding carboxylic acids is 1. The average Bonchev–Trinajstić information content (AvgIpc) is 3.38. The van der Waals surface area contributed by atoms with Gasteiger partial charge in [-0.1, -0.05) is 71.7 Å². The fraction of sp³-hybridized carbons (Fsp3) is 0.188. The van der Waals surface area contributed by atoms with Crippen molar-refractivity contribution >= 4 is 45.7 Å². The monoisotopic (exact) mass is 587 g/mol. The second-order valence-electron chi connectivity index (χ2n) is 9.67. The lowest BCUT2D eigenvalue weighted by molar-refractivity contribution is 0.102. The van der Waals surface area contributed by atoms with E-state index in [1.807, 2.05) is 38.4 Å². The number of ether oxygens (including phenoxy) is 1. The lowest BCUT2D eigenvalue weighted by atomic mass is 10.0. The first-order chi connectivity index (χ1) is 19.9. The first-order valence-corrected chi connectivity index (χ1v) is 14.0. The number of hydrogen-bond donors (Lipinski definition) is 3. The average molecular weight is 589 g/mol. The van der Waals surface area contributed by atoms with Gasteiger partial charge in [0.2, 0.25) is 5.88 Å². The zero-order chi connectivity index (χ0) is 28.9. The minimum atomic E-state index is -0.478. The Hall–Kier alpha value is -3.88. The molecule has 0 atom stereocenters. The van der Waals surface area contributed by atoms with E-state index in [0.717, 1.165) is 40.7 Å². The van der Waals surface area contributed by atoms with E-state index in [-0.39, 0.29) is 10.7 Å². The van der Waals surface area contributed by atoms with Gasteiger partial charge in [-0.05, 0) is 55.1 Å². The third-order valence-corrected chi connectivity index (χ3v) is 7.59. The summed E-state index contributed by atoms with van der Waals surface area (Å²) in [5.41, 5.74) is 6.62. The molecule has 2 aromatic heterocycles. The van der Waals surface area contributed by atoms with E-state index in [1.165, 1.54) is 18.2 Å². The first-order valence-electron chi connectivity index (χ1n) is 13.2. The van der Waals surface area contributed by atoms with Crippen molar-refractivity contribution in [2.24, 2.45) is 0 Å². The van der Waals surface area contributed by atoms with E-state index in [4.69, 9.17) is 27.9 Å². The van der Waals surface area contributed by atoms with Crippen molar-refractivity contribution in [1.29, 1.82) is 0 Å². The first kappa shape index (κ1) is 28.6. The van der Waals surface area contributed by atoms with Crippen LogP contribution >= 0.6 is 23.2 Å². The molecule has 0 aliphatic rings. The zero-order valence-corrected chi connectivity index (χ0v) is 24.6. The molecule has 2 heterocycles. The molecule has 0 saturated carbocycles. The molecule has 0 aliphatic carbocycles. The molecule has 41 heavy (non-hydrogen) atoms. The molecule has 0 radical (unpaired) electrons. The fourth-order valence-corrected chi connectivity index (χ4v) is 5.48. The minimum Gasteiger partial charge on any atom is -0.481 e. The van der Waals surface area contributed by atoms with Crippen molar-refractivity contribution < 1.29 is 9.53 Å². The zero-order valence-electron chi connectivity index (χ0n) is 23.1. The number of nitrogens with one attached hydrogen (secondary N) is 3. The third-order valence-electron chi connectivity index (χ3n) is 6.90. The number of methoxy groups -OCH3 is 1. The summed E-state index contributed by atoms with van der Waals surface area (Å²) in [5, 5.41) is 10.8. The fourth-order valence-electron chi connectivity index (χ4n) is 4.94. The molecule has 0 saturated heterocycles. The molecule has 0 unspecified atom stereocenters. The largest absolute Gasteiger partial charge is 0.481 e. The van der Waals surface area contributed by atoms with Gasteiger partial charge in [0.05, 0.1) is 22.8 Å². The van der Waals surface area contributed by atoms with Crippen LogP contribution in [0.25, 0.3) is 22.0 Å². The molecule has 5 rings (SSSR count). The molecule has 210 valence electrons. The van der Waals surface area contributed by atoms with Crippen LogP contribution in [-0.4, -0.2) is 36.7 Å². The summed E-state index contributed by atoms with van der Waals surface area (Å²) in [6.07, 6.45) is 2.09. The quantitative estimate of drug-likeness (QED) is 0.168. The smallest absolute Gasteiger partial charge is 0.276 e. The van der Waals surface area contributed by atoms with Gasteiger partial charge in [0.25, 0.3) is 5.91 Å². The summed E-state index contributed by atoms with van der Waals surface area (Å²) >= 11 is 13.3. The van der Waals surface area contributed by atoms with Gasteiger partial charge in [0.15, 0.2) is 5.69 Å². The maximum atomic E-state index is 13.2. The second-order valence-corrected chi connectivity index (χ2v) is 10.5. The number of pyridine rings is 1. The van der Waals surface area contributed by atoms with Gasteiger partial charge >= 0.3 is 0 Å². The Labute approximate surface area is 249 Å². The van der Waals surface area contributed by atoms with Crippen LogP contribution in [0.2, 0.25) is 10.0 Å². The number of hydrogen-bond acceptors (Lipinski definition) is 5. The molecule has 0 aliphatic heterocycles. The van der Waals surface area contributed by atoms with Crippen LogP contribution in [0.5, 0.6) is 5.88 Å². The molecular weight excluding hydrogens is 557 g/mol. The molecule has 3 aromatic carbocycles. The van der Waals surface area contributed by atoms with E-state index in [9.17, 15) is 4.79 Å². The molecule has 0 fully saturated rings. The standard InChI is InChI=1S/C32H31Cl2N5O2/c1-35-17-20-10-12-21(13-11-20)19-39-15-14-24-23(6-5-9-28(24)39)25-7-4-8-27(29(25)34)37-31(40)30-26(33)16-22(18-36-2)32(38-30)41-3/h4-16,35-36H,17-19H2,1-3H3,(H,37,40). The van der Waals surface area contributed by atoms with E-state index in [1.54, 1.807) is 12.1 Å². The van der Waals surface area contributed by atoms with E-state index >= 15 is 0 Å². The van der Waals surface area contributed by atoms with Gasteiger partial charge in [-0.15, -0.1) is 0 Å². The van der Waals surface area contributed by atoms with Gasteiger partial charge in [0.1, 0.15) is 0 Å². The van der Waals surface area contributed by atoms with Crippen LogP contribution in [-0.2, 0) is 19.6 Å². The Morgan fingerprint density at radius 1 is 0.902 bits per heavy atom. The highest BCUT2D eigenvalue weighted by molar-refractivity contribution is 6.37. The molecule has 5 aromatic rings. The van der Waals surface area contributed by atoms with E-state index < -0.39 is 5.91 Å². The van der Waals surface area contributed by atoms with Gasteiger partial charge in [-0.2, -0.15) is 0 Å². The van der Waals surface area contributed by atoms with Crippen LogP contribution in [0, 0.1) is 0 Å². The van der Waals surface area contributed by atoms with E-state index in [0.29, 0.717) is 23.1 Å². The Morgan fingerprint density at radius 2 is 1.61 bits per heavy atom. The lowest BCUT2D eigenvalue weighted by Crippen LogP contribution is -2.17. The number of rotatable bonds is 10. The van der Waals surface area contributed by atoms with Crippen LogP contribution in [0.3, 0.4) is 0 Å². The van der Waals surface area contributed by atoms with Crippen LogP contribution in [0.1, 0.15) is 27.2 Å². The Morgan fingerprint density at radius 3 is 2.34 bits per heavy atom. The molecular formula is C32H31Cl2N5O2. The van der Waals surface area contributed by atoms with E-state index in [2.05, 4.69) is 68.1 Å². The summed E-state index contributed by atoms with van der Waals surface area (Å²) in [4.78, 5) is 17.6. The SMILES string of the molecule is CNCc1ccc(Cn2ccc3c(-c4cccc(NC(=O)c5nc(OC)c(CNC)cc5Cl)c4Cl)cccc32)cc1. The molecule has 1 amide bonds. The van der Waals surface area contributed by atoms with Crippen molar-refractivity contribution in [2.75, 3.05) is 26.5 Å². The summed E-state index contributed by atoms with van der Waals surface area (Å²) in [5.74, 6) is -0.146. The molecule has 7 nitrogen and oxygen atoms in total.